The summed E-state index contributed by atoms with van der Waals surface area (Å²) < 4.78 is 0. The van der Waals surface area contributed by atoms with Crippen LogP contribution in [-0.4, -0.2) is 42.5 Å². The van der Waals surface area contributed by atoms with Gasteiger partial charge in [-0.15, -0.1) is 12.4 Å². The van der Waals surface area contributed by atoms with Crippen molar-refractivity contribution in [2.45, 2.75) is 70.4 Å². The molecule has 1 aliphatic heterocycles. The molecule has 2 aliphatic rings. The van der Waals surface area contributed by atoms with Gasteiger partial charge in [-0.2, -0.15) is 0 Å². The molecule has 1 heterocycles. The molecule has 124 valence electrons. The Balaban J connectivity index is 0.00000220. The standard InChI is InChI=1S/C16H31N3O.ClH/c1-13(17)14-8-10-19(11-9-14)12-16(20)18-15-6-4-2-3-5-7-15;/h13-15H,2-12,17H2,1H3,(H,18,20);1H. The Morgan fingerprint density at radius 2 is 1.71 bits per heavy atom. The second-order valence-electron chi connectivity index (χ2n) is 6.73. The van der Waals surface area contributed by atoms with Gasteiger partial charge in [0.15, 0.2) is 0 Å². The van der Waals surface area contributed by atoms with Crippen molar-refractivity contribution in [3.8, 4) is 0 Å². The molecule has 2 rings (SSSR count). The molecule has 0 aromatic carbocycles. The van der Waals surface area contributed by atoms with Crippen molar-refractivity contribution < 1.29 is 4.79 Å². The maximum atomic E-state index is 12.1. The fourth-order valence-electron chi connectivity index (χ4n) is 3.54. The van der Waals surface area contributed by atoms with Crippen molar-refractivity contribution in [2.24, 2.45) is 11.7 Å². The van der Waals surface area contributed by atoms with Gasteiger partial charge in [-0.25, -0.2) is 0 Å². The first-order chi connectivity index (χ1) is 9.65. The molecule has 0 radical (unpaired) electrons. The smallest absolute Gasteiger partial charge is 0.234 e. The number of halogens is 1. The lowest BCUT2D eigenvalue weighted by Gasteiger charge is -2.33. The number of hydrogen-bond acceptors (Lipinski definition) is 3. The van der Waals surface area contributed by atoms with E-state index in [1.54, 1.807) is 0 Å². The Morgan fingerprint density at radius 3 is 2.24 bits per heavy atom. The second-order valence-corrected chi connectivity index (χ2v) is 6.73. The van der Waals surface area contributed by atoms with E-state index in [-0.39, 0.29) is 24.4 Å². The first kappa shape index (κ1) is 18.7. The summed E-state index contributed by atoms with van der Waals surface area (Å²) in [6, 6.07) is 0.712. The summed E-state index contributed by atoms with van der Waals surface area (Å²) in [5.74, 6) is 0.854. The van der Waals surface area contributed by atoms with Crippen LogP contribution < -0.4 is 11.1 Å². The van der Waals surface area contributed by atoms with Gasteiger partial charge in [-0.1, -0.05) is 25.7 Å². The zero-order chi connectivity index (χ0) is 14.4. The lowest BCUT2D eigenvalue weighted by molar-refractivity contribution is -0.123. The topological polar surface area (TPSA) is 58.4 Å². The third-order valence-electron chi connectivity index (χ3n) is 4.96. The number of nitrogens with one attached hydrogen (secondary N) is 1. The lowest BCUT2D eigenvalue weighted by Crippen LogP contribution is -2.46. The summed E-state index contributed by atoms with van der Waals surface area (Å²) in [7, 11) is 0. The molecular weight excluding hydrogens is 286 g/mol. The van der Waals surface area contributed by atoms with E-state index < -0.39 is 0 Å². The highest BCUT2D eigenvalue weighted by Crippen LogP contribution is 2.20. The Bertz CT molecular complexity index is 296. The van der Waals surface area contributed by atoms with Gasteiger partial charge in [-0.05, 0) is 51.6 Å². The first-order valence-corrected chi connectivity index (χ1v) is 8.42. The maximum absolute atomic E-state index is 12.1. The predicted molar refractivity (Wildman–Crippen MR) is 89.7 cm³/mol. The fourth-order valence-corrected chi connectivity index (χ4v) is 3.54. The van der Waals surface area contributed by atoms with Crippen LogP contribution in [0, 0.1) is 5.92 Å². The third kappa shape index (κ3) is 6.54. The number of rotatable bonds is 4. The molecule has 1 atom stereocenters. The molecular formula is C16H32ClN3O. The van der Waals surface area contributed by atoms with Crippen molar-refractivity contribution in [1.82, 2.24) is 10.2 Å². The molecule has 1 amide bonds. The van der Waals surface area contributed by atoms with E-state index in [1.165, 1.54) is 38.5 Å². The minimum Gasteiger partial charge on any atom is -0.352 e. The number of carbonyl (C=O) groups is 1. The Labute approximate surface area is 135 Å². The van der Waals surface area contributed by atoms with Crippen molar-refractivity contribution in [1.29, 1.82) is 0 Å². The van der Waals surface area contributed by atoms with Gasteiger partial charge in [0.25, 0.3) is 0 Å². The van der Waals surface area contributed by atoms with E-state index in [0.717, 1.165) is 25.9 Å². The normalized spacial score (nSPS) is 23.9. The van der Waals surface area contributed by atoms with Crippen LogP contribution >= 0.6 is 12.4 Å². The fraction of sp³-hybridized carbons (Fsp3) is 0.938. The van der Waals surface area contributed by atoms with Gasteiger partial charge >= 0.3 is 0 Å². The number of hydrogen-bond donors (Lipinski definition) is 2. The minimum atomic E-state index is 0. The second kappa shape index (κ2) is 9.65. The van der Waals surface area contributed by atoms with E-state index in [2.05, 4.69) is 17.1 Å². The van der Waals surface area contributed by atoms with E-state index >= 15 is 0 Å². The van der Waals surface area contributed by atoms with E-state index in [9.17, 15) is 4.79 Å². The lowest BCUT2D eigenvalue weighted by atomic mass is 9.91. The number of piperidine rings is 1. The highest BCUT2D eigenvalue weighted by molar-refractivity contribution is 5.85. The molecule has 0 spiro atoms. The van der Waals surface area contributed by atoms with E-state index in [4.69, 9.17) is 5.73 Å². The van der Waals surface area contributed by atoms with Gasteiger partial charge < -0.3 is 11.1 Å². The van der Waals surface area contributed by atoms with Crippen LogP contribution in [-0.2, 0) is 4.79 Å². The molecule has 4 nitrogen and oxygen atoms in total. The molecule has 0 aromatic rings. The quantitative estimate of drug-likeness (QED) is 0.782. The molecule has 2 fully saturated rings. The zero-order valence-electron chi connectivity index (χ0n) is 13.4. The molecule has 0 aromatic heterocycles. The highest BCUT2D eigenvalue weighted by atomic mass is 35.5. The van der Waals surface area contributed by atoms with Crippen LogP contribution in [0.15, 0.2) is 0 Å². The molecule has 21 heavy (non-hydrogen) atoms. The average molecular weight is 318 g/mol. The largest absolute Gasteiger partial charge is 0.352 e. The predicted octanol–water partition coefficient (Wildman–Crippen LogP) is 2.31. The SMILES string of the molecule is CC(N)C1CCN(CC(=O)NC2CCCCCC2)CC1.Cl. The first-order valence-electron chi connectivity index (χ1n) is 8.42. The van der Waals surface area contributed by atoms with Crippen LogP contribution in [0.2, 0.25) is 0 Å². The van der Waals surface area contributed by atoms with Gasteiger partial charge in [-0.3, -0.25) is 9.69 Å². The number of amides is 1. The van der Waals surface area contributed by atoms with Gasteiger partial charge in [0.1, 0.15) is 0 Å². The van der Waals surface area contributed by atoms with Crippen LogP contribution in [0.4, 0.5) is 0 Å². The summed E-state index contributed by atoms with van der Waals surface area (Å²) >= 11 is 0. The highest BCUT2D eigenvalue weighted by Gasteiger charge is 2.23. The Morgan fingerprint density at radius 1 is 1.14 bits per heavy atom. The summed E-state index contributed by atoms with van der Waals surface area (Å²) in [6.45, 7) is 4.70. The van der Waals surface area contributed by atoms with Gasteiger partial charge in [0.05, 0.1) is 6.54 Å². The zero-order valence-corrected chi connectivity index (χ0v) is 14.2. The maximum Gasteiger partial charge on any atom is 0.234 e. The van der Waals surface area contributed by atoms with Crippen molar-refractivity contribution in [3.05, 3.63) is 0 Å². The molecule has 3 N–H and O–H groups in total. The molecule has 1 saturated heterocycles. The molecule has 5 heteroatoms. The van der Waals surface area contributed by atoms with Crippen molar-refractivity contribution in [2.75, 3.05) is 19.6 Å². The molecule has 1 unspecified atom stereocenters. The van der Waals surface area contributed by atoms with E-state index in [1.807, 2.05) is 0 Å². The van der Waals surface area contributed by atoms with E-state index in [0.29, 0.717) is 18.5 Å². The van der Waals surface area contributed by atoms with Gasteiger partial charge in [0.2, 0.25) is 5.91 Å². The molecule has 0 bridgehead atoms. The van der Waals surface area contributed by atoms with Crippen molar-refractivity contribution in [3.63, 3.8) is 0 Å². The van der Waals surface area contributed by atoms with Crippen LogP contribution in [0.5, 0.6) is 0 Å². The number of carbonyl (C=O) groups excluding carboxylic acids is 1. The minimum absolute atomic E-state index is 0. The molecule has 1 saturated carbocycles. The number of nitrogens with two attached hydrogens (primary N) is 1. The van der Waals surface area contributed by atoms with Crippen LogP contribution in [0.1, 0.15) is 58.3 Å². The number of nitrogens with zero attached hydrogens (tertiary/aromatic N) is 1. The average Bonchev–Trinajstić information content (AvgIpc) is 2.68. The summed E-state index contributed by atoms with van der Waals surface area (Å²) in [5.41, 5.74) is 5.95. The summed E-state index contributed by atoms with van der Waals surface area (Å²) in [5, 5.41) is 3.23. The monoisotopic (exact) mass is 317 g/mol. The summed E-state index contributed by atoms with van der Waals surface area (Å²) in [6.07, 6.45) is 9.80. The van der Waals surface area contributed by atoms with Gasteiger partial charge in [0, 0.05) is 12.1 Å². The van der Waals surface area contributed by atoms with Crippen molar-refractivity contribution >= 4 is 18.3 Å². The summed E-state index contributed by atoms with van der Waals surface area (Å²) in [4.78, 5) is 14.4. The van der Waals surface area contributed by atoms with Crippen LogP contribution in [0.3, 0.4) is 0 Å². The number of likely N-dealkylation sites (tertiary alicyclic amines) is 1. The van der Waals surface area contributed by atoms with Crippen LogP contribution in [0.25, 0.3) is 0 Å². The Kier molecular flexibility index (Phi) is 8.60. The molecule has 1 aliphatic carbocycles. The Hall–Kier alpha value is -0.320. The third-order valence-corrected chi connectivity index (χ3v) is 4.96.